The highest BCUT2D eigenvalue weighted by atomic mass is 15.0. The maximum Gasteiger partial charge on any atom is 0.0549 e. The minimum absolute atomic E-state index is 0.304. The van der Waals surface area contributed by atoms with Crippen LogP contribution in [-0.4, -0.2) is 12.7 Å². The number of rotatable bonds is 0. The molecule has 0 aromatic rings. The molecule has 60 valence electrons. The second-order valence-corrected chi connectivity index (χ2v) is 3.01. The summed E-state index contributed by atoms with van der Waals surface area (Å²) in [5.74, 6) is 1.99. The van der Waals surface area contributed by atoms with Crippen LogP contribution < -0.4 is 11.1 Å². The molecule has 2 heteroatoms. The first-order valence-electron chi connectivity index (χ1n) is 4.35. The van der Waals surface area contributed by atoms with Crippen molar-refractivity contribution >= 4 is 0 Å². The van der Waals surface area contributed by atoms with Gasteiger partial charge in [-0.15, -0.1) is 0 Å². The molecule has 0 radical (unpaired) electrons. The fourth-order valence-corrected chi connectivity index (χ4v) is 1.56. The van der Waals surface area contributed by atoms with E-state index in [1.165, 1.54) is 19.4 Å². The standard InChI is InChI=1S/C6H12N2.C2H6/c7-6-2-4-1-5(4)3-8-6;1-2/h4-6,8H,1-3,7H2;1-2H3. The zero-order valence-corrected chi connectivity index (χ0v) is 6.93. The van der Waals surface area contributed by atoms with Crippen molar-refractivity contribution in [2.75, 3.05) is 6.54 Å². The predicted octanol–water partition coefficient (Wildman–Crippen LogP) is 0.927. The molecule has 3 unspecified atom stereocenters. The quantitative estimate of drug-likeness (QED) is 0.528. The fourth-order valence-electron chi connectivity index (χ4n) is 1.56. The van der Waals surface area contributed by atoms with Crippen LogP contribution in [0.2, 0.25) is 0 Å². The lowest BCUT2D eigenvalue weighted by Gasteiger charge is -2.17. The highest BCUT2D eigenvalue weighted by Gasteiger charge is 2.40. The molecule has 1 saturated heterocycles. The fraction of sp³-hybridized carbons (Fsp3) is 1.00. The summed E-state index contributed by atoms with van der Waals surface area (Å²) in [6, 6.07) is 0. The van der Waals surface area contributed by atoms with Gasteiger partial charge in [0.2, 0.25) is 0 Å². The van der Waals surface area contributed by atoms with Gasteiger partial charge in [0, 0.05) is 0 Å². The molecule has 1 saturated carbocycles. The van der Waals surface area contributed by atoms with Crippen LogP contribution in [0.25, 0.3) is 0 Å². The van der Waals surface area contributed by atoms with Gasteiger partial charge in [0.15, 0.2) is 0 Å². The van der Waals surface area contributed by atoms with Gasteiger partial charge in [-0.3, -0.25) is 0 Å². The molecule has 0 aromatic carbocycles. The van der Waals surface area contributed by atoms with Crippen LogP contribution in [0.4, 0.5) is 0 Å². The maximum atomic E-state index is 5.64. The van der Waals surface area contributed by atoms with E-state index >= 15 is 0 Å². The molecule has 2 nitrogen and oxygen atoms in total. The Balaban J connectivity index is 0.000000231. The lowest BCUT2D eigenvalue weighted by Crippen LogP contribution is -2.42. The van der Waals surface area contributed by atoms with Crippen LogP contribution in [0.5, 0.6) is 0 Å². The molecule has 1 aliphatic carbocycles. The van der Waals surface area contributed by atoms with E-state index in [0.29, 0.717) is 6.17 Å². The Bertz CT molecular complexity index is 103. The highest BCUT2D eigenvalue weighted by Crippen LogP contribution is 2.43. The van der Waals surface area contributed by atoms with E-state index in [2.05, 4.69) is 5.32 Å². The lowest BCUT2D eigenvalue weighted by atomic mass is 10.1. The average molecular weight is 142 g/mol. The third-order valence-electron chi connectivity index (χ3n) is 2.27. The van der Waals surface area contributed by atoms with Crippen LogP contribution in [0.3, 0.4) is 0 Å². The molecule has 2 aliphatic rings. The van der Waals surface area contributed by atoms with Crippen LogP contribution in [0.1, 0.15) is 26.7 Å². The van der Waals surface area contributed by atoms with Crippen LogP contribution in [0.15, 0.2) is 0 Å². The first kappa shape index (κ1) is 8.02. The van der Waals surface area contributed by atoms with Crippen molar-refractivity contribution in [3.63, 3.8) is 0 Å². The van der Waals surface area contributed by atoms with Crippen molar-refractivity contribution in [1.29, 1.82) is 0 Å². The second-order valence-electron chi connectivity index (χ2n) is 3.01. The number of nitrogens with one attached hydrogen (secondary N) is 1. The molecule has 10 heavy (non-hydrogen) atoms. The molecular weight excluding hydrogens is 124 g/mol. The Morgan fingerprint density at radius 1 is 1.20 bits per heavy atom. The van der Waals surface area contributed by atoms with E-state index in [-0.39, 0.29) is 0 Å². The molecule has 3 N–H and O–H groups in total. The van der Waals surface area contributed by atoms with Crippen molar-refractivity contribution in [3.8, 4) is 0 Å². The molecule has 1 aliphatic heterocycles. The normalized spacial score (nSPS) is 42.9. The van der Waals surface area contributed by atoms with Gasteiger partial charge in [0.25, 0.3) is 0 Å². The number of hydrogen-bond donors (Lipinski definition) is 2. The van der Waals surface area contributed by atoms with Crippen LogP contribution in [-0.2, 0) is 0 Å². The van der Waals surface area contributed by atoms with Gasteiger partial charge >= 0.3 is 0 Å². The largest absolute Gasteiger partial charge is 0.316 e. The first-order chi connectivity index (χ1) is 4.86. The first-order valence-corrected chi connectivity index (χ1v) is 4.35. The number of fused-ring (bicyclic) bond motifs is 1. The summed E-state index contributed by atoms with van der Waals surface area (Å²) < 4.78 is 0. The van der Waals surface area contributed by atoms with Crippen molar-refractivity contribution in [2.24, 2.45) is 17.6 Å². The van der Waals surface area contributed by atoms with E-state index in [0.717, 1.165) is 11.8 Å². The molecule has 3 atom stereocenters. The summed E-state index contributed by atoms with van der Waals surface area (Å²) in [7, 11) is 0. The zero-order chi connectivity index (χ0) is 7.56. The van der Waals surface area contributed by atoms with Crippen molar-refractivity contribution < 1.29 is 0 Å². The van der Waals surface area contributed by atoms with Gasteiger partial charge in [-0.25, -0.2) is 0 Å². The van der Waals surface area contributed by atoms with E-state index in [9.17, 15) is 0 Å². The van der Waals surface area contributed by atoms with Gasteiger partial charge in [-0.2, -0.15) is 0 Å². The Morgan fingerprint density at radius 2 is 1.90 bits per heavy atom. The molecule has 1 heterocycles. The molecule has 0 aromatic heterocycles. The van der Waals surface area contributed by atoms with E-state index in [1.807, 2.05) is 13.8 Å². The summed E-state index contributed by atoms with van der Waals surface area (Å²) in [4.78, 5) is 0. The van der Waals surface area contributed by atoms with Gasteiger partial charge in [-0.05, 0) is 31.2 Å². The summed E-state index contributed by atoms with van der Waals surface area (Å²) >= 11 is 0. The van der Waals surface area contributed by atoms with Crippen LogP contribution in [0, 0.1) is 11.8 Å². The van der Waals surface area contributed by atoms with Gasteiger partial charge in [0.1, 0.15) is 0 Å². The zero-order valence-electron chi connectivity index (χ0n) is 6.93. The Labute approximate surface area is 63.2 Å². The van der Waals surface area contributed by atoms with E-state index < -0.39 is 0 Å². The minimum Gasteiger partial charge on any atom is -0.316 e. The molecule has 0 bridgehead atoms. The molecular formula is C8H18N2. The molecule has 0 amide bonds. The number of piperidine rings is 1. The van der Waals surface area contributed by atoms with Gasteiger partial charge < -0.3 is 11.1 Å². The molecule has 2 rings (SSSR count). The monoisotopic (exact) mass is 142 g/mol. The summed E-state index contributed by atoms with van der Waals surface area (Å²) in [5.41, 5.74) is 5.64. The average Bonchev–Trinajstić information content (AvgIpc) is 2.70. The lowest BCUT2D eigenvalue weighted by molar-refractivity contribution is 0.394. The topological polar surface area (TPSA) is 38.0 Å². The minimum atomic E-state index is 0.304. The number of hydrogen-bond acceptors (Lipinski definition) is 2. The summed E-state index contributed by atoms with van der Waals surface area (Å²) in [5, 5.41) is 3.25. The maximum absolute atomic E-state index is 5.64. The van der Waals surface area contributed by atoms with Gasteiger partial charge in [0.05, 0.1) is 6.17 Å². The van der Waals surface area contributed by atoms with E-state index in [4.69, 9.17) is 5.73 Å². The smallest absolute Gasteiger partial charge is 0.0549 e. The SMILES string of the molecule is CC.NC1CC2CC2CN1. The Kier molecular flexibility index (Phi) is 2.69. The molecule has 0 spiro atoms. The second kappa shape index (κ2) is 3.35. The number of nitrogens with two attached hydrogens (primary N) is 1. The van der Waals surface area contributed by atoms with Crippen molar-refractivity contribution in [1.82, 2.24) is 5.32 Å². The third-order valence-corrected chi connectivity index (χ3v) is 2.27. The van der Waals surface area contributed by atoms with Crippen LogP contribution >= 0.6 is 0 Å². The Hall–Kier alpha value is -0.0800. The summed E-state index contributed by atoms with van der Waals surface area (Å²) in [6.07, 6.45) is 2.95. The third kappa shape index (κ3) is 1.70. The summed E-state index contributed by atoms with van der Waals surface area (Å²) in [6.45, 7) is 5.17. The van der Waals surface area contributed by atoms with E-state index in [1.54, 1.807) is 0 Å². The molecule has 2 fully saturated rings. The predicted molar refractivity (Wildman–Crippen MR) is 43.5 cm³/mol. The van der Waals surface area contributed by atoms with Gasteiger partial charge in [-0.1, -0.05) is 13.8 Å². The van der Waals surface area contributed by atoms with Crippen molar-refractivity contribution in [3.05, 3.63) is 0 Å². The van der Waals surface area contributed by atoms with Crippen molar-refractivity contribution in [2.45, 2.75) is 32.9 Å². The highest BCUT2D eigenvalue weighted by molar-refractivity contribution is 4.93. The Morgan fingerprint density at radius 3 is 2.40 bits per heavy atom.